The maximum Gasteiger partial charge on any atom is 0.240 e. The number of allylic oxidation sites excluding steroid dienone is 2. The van der Waals surface area contributed by atoms with Crippen LogP contribution in [0.25, 0.3) is 6.08 Å². The lowest BCUT2D eigenvalue weighted by atomic mass is 10.2. The highest BCUT2D eigenvalue weighted by molar-refractivity contribution is 6.21. The number of hydrogen-bond acceptors (Lipinski definition) is 5. The SMILES string of the molecule is CC1=NC2=NC(/C=C/c3ccccc3)=NC3=CC=CC(=N1)N32. The third-order valence-electron chi connectivity index (χ3n) is 3.36. The quantitative estimate of drug-likeness (QED) is 0.825. The Labute approximate surface area is 128 Å². The molecule has 0 N–H and O–H groups in total. The average molecular weight is 287 g/mol. The first-order valence-electron chi connectivity index (χ1n) is 7.03. The summed E-state index contributed by atoms with van der Waals surface area (Å²) in [5.74, 6) is 3.54. The van der Waals surface area contributed by atoms with Crippen molar-refractivity contribution in [2.45, 2.75) is 6.92 Å². The smallest absolute Gasteiger partial charge is 0.240 e. The molecular formula is C17H13N5. The predicted octanol–water partition coefficient (Wildman–Crippen LogP) is 3.01. The van der Waals surface area contributed by atoms with Gasteiger partial charge in [0.25, 0.3) is 0 Å². The van der Waals surface area contributed by atoms with Crippen LogP contribution in [-0.2, 0) is 0 Å². The molecule has 0 unspecified atom stereocenters. The van der Waals surface area contributed by atoms with Gasteiger partial charge in [-0.2, -0.15) is 9.98 Å². The van der Waals surface area contributed by atoms with Gasteiger partial charge < -0.3 is 0 Å². The molecule has 0 aromatic heterocycles. The van der Waals surface area contributed by atoms with Crippen molar-refractivity contribution in [2.75, 3.05) is 0 Å². The number of amidine groups is 3. The van der Waals surface area contributed by atoms with E-state index in [-0.39, 0.29) is 0 Å². The fraction of sp³-hybridized carbons (Fsp3) is 0.0588. The van der Waals surface area contributed by atoms with Gasteiger partial charge in [-0.15, -0.1) is 0 Å². The molecular weight excluding hydrogens is 274 g/mol. The fourth-order valence-corrected chi connectivity index (χ4v) is 2.38. The third kappa shape index (κ3) is 2.22. The van der Waals surface area contributed by atoms with Crippen LogP contribution in [0, 0.1) is 0 Å². The summed E-state index contributed by atoms with van der Waals surface area (Å²) < 4.78 is 0. The van der Waals surface area contributed by atoms with Gasteiger partial charge in [0, 0.05) is 0 Å². The maximum absolute atomic E-state index is 4.55. The number of guanidine groups is 1. The molecule has 0 fully saturated rings. The first kappa shape index (κ1) is 12.6. The average Bonchev–Trinajstić information content (AvgIpc) is 2.53. The molecule has 5 heteroatoms. The highest BCUT2D eigenvalue weighted by Crippen LogP contribution is 2.22. The molecule has 0 bridgehead atoms. The zero-order valence-corrected chi connectivity index (χ0v) is 12.0. The molecule has 0 aliphatic carbocycles. The summed E-state index contributed by atoms with van der Waals surface area (Å²) in [6.45, 7) is 1.87. The largest absolute Gasteiger partial charge is 0.246 e. The Kier molecular flexibility index (Phi) is 2.89. The van der Waals surface area contributed by atoms with E-state index in [4.69, 9.17) is 0 Å². The van der Waals surface area contributed by atoms with Crippen LogP contribution in [0.5, 0.6) is 0 Å². The Balaban J connectivity index is 1.71. The van der Waals surface area contributed by atoms with Crippen molar-refractivity contribution in [3.8, 4) is 0 Å². The van der Waals surface area contributed by atoms with Crippen LogP contribution in [0.15, 0.2) is 80.4 Å². The van der Waals surface area contributed by atoms with Crippen molar-refractivity contribution in [3.63, 3.8) is 0 Å². The Hall–Kier alpha value is -3.08. The normalized spacial score (nSPS) is 19.1. The molecule has 4 rings (SSSR count). The number of hydrogen-bond donors (Lipinski definition) is 0. The van der Waals surface area contributed by atoms with Gasteiger partial charge in [0.2, 0.25) is 5.96 Å². The maximum atomic E-state index is 4.55. The van der Waals surface area contributed by atoms with E-state index in [2.05, 4.69) is 20.0 Å². The van der Waals surface area contributed by atoms with Crippen LogP contribution in [0.3, 0.4) is 0 Å². The Bertz CT molecular complexity index is 835. The summed E-state index contributed by atoms with van der Waals surface area (Å²) in [6, 6.07) is 10.1. The predicted molar refractivity (Wildman–Crippen MR) is 90.0 cm³/mol. The number of benzene rings is 1. The standard InChI is InChI=1S/C17H13N5/c1-12-18-15-8-5-9-16-20-14(21-17(19-12)22(15)16)11-10-13-6-3-2-4-7-13/h2-11H,1H3/b11-10+. The first-order chi connectivity index (χ1) is 10.8. The molecule has 106 valence electrons. The Morgan fingerprint density at radius 3 is 2.68 bits per heavy atom. The lowest BCUT2D eigenvalue weighted by Crippen LogP contribution is -2.40. The van der Waals surface area contributed by atoms with Crippen LogP contribution in [0.2, 0.25) is 0 Å². The van der Waals surface area contributed by atoms with Crippen molar-refractivity contribution in [1.29, 1.82) is 0 Å². The monoisotopic (exact) mass is 287 g/mol. The molecule has 0 radical (unpaired) electrons. The second-order valence-corrected chi connectivity index (χ2v) is 4.97. The van der Waals surface area contributed by atoms with E-state index >= 15 is 0 Å². The van der Waals surface area contributed by atoms with Crippen molar-refractivity contribution in [2.24, 2.45) is 20.0 Å². The topological polar surface area (TPSA) is 52.7 Å². The molecule has 0 atom stereocenters. The summed E-state index contributed by atoms with van der Waals surface area (Å²) in [5.41, 5.74) is 1.11. The van der Waals surface area contributed by atoms with Crippen LogP contribution in [0.4, 0.5) is 0 Å². The highest BCUT2D eigenvalue weighted by atomic mass is 15.4. The molecule has 1 aromatic rings. The lowest BCUT2D eigenvalue weighted by Gasteiger charge is -2.30. The van der Waals surface area contributed by atoms with Gasteiger partial charge in [-0.05, 0) is 30.7 Å². The minimum Gasteiger partial charge on any atom is -0.246 e. The summed E-state index contributed by atoms with van der Waals surface area (Å²) in [6.07, 6.45) is 9.69. The van der Waals surface area contributed by atoms with Crippen LogP contribution in [0.1, 0.15) is 12.5 Å². The van der Waals surface area contributed by atoms with Crippen LogP contribution < -0.4 is 0 Å². The number of nitrogens with zero attached hydrogens (tertiary/aromatic N) is 5. The third-order valence-corrected chi connectivity index (χ3v) is 3.36. The van der Waals surface area contributed by atoms with E-state index in [0.29, 0.717) is 17.6 Å². The zero-order chi connectivity index (χ0) is 14.9. The van der Waals surface area contributed by atoms with Gasteiger partial charge in [0.1, 0.15) is 17.5 Å². The molecule has 3 aliphatic rings. The molecule has 1 aromatic carbocycles. The van der Waals surface area contributed by atoms with Crippen molar-refractivity contribution in [3.05, 3.63) is 66.0 Å². The van der Waals surface area contributed by atoms with Crippen LogP contribution in [-0.4, -0.2) is 28.4 Å². The Morgan fingerprint density at radius 1 is 0.955 bits per heavy atom. The van der Waals surface area contributed by atoms with E-state index in [1.165, 1.54) is 0 Å². The summed E-state index contributed by atoms with van der Waals surface area (Å²) in [7, 11) is 0. The fourth-order valence-electron chi connectivity index (χ4n) is 2.38. The van der Waals surface area contributed by atoms with E-state index < -0.39 is 0 Å². The first-order valence-corrected chi connectivity index (χ1v) is 7.03. The van der Waals surface area contributed by atoms with E-state index in [1.807, 2.05) is 72.5 Å². The molecule has 0 saturated carbocycles. The van der Waals surface area contributed by atoms with Gasteiger partial charge in [-0.3, -0.25) is 0 Å². The van der Waals surface area contributed by atoms with Crippen molar-refractivity contribution in [1.82, 2.24) is 4.90 Å². The molecule has 5 nitrogen and oxygen atoms in total. The van der Waals surface area contributed by atoms with E-state index in [0.717, 1.165) is 17.2 Å². The molecule has 22 heavy (non-hydrogen) atoms. The van der Waals surface area contributed by atoms with Gasteiger partial charge >= 0.3 is 0 Å². The van der Waals surface area contributed by atoms with Gasteiger partial charge in [0.15, 0.2) is 5.84 Å². The molecule has 0 saturated heterocycles. The summed E-state index contributed by atoms with van der Waals surface area (Å²) in [4.78, 5) is 19.7. The summed E-state index contributed by atoms with van der Waals surface area (Å²) >= 11 is 0. The van der Waals surface area contributed by atoms with Gasteiger partial charge in [-0.1, -0.05) is 42.5 Å². The highest BCUT2D eigenvalue weighted by Gasteiger charge is 2.28. The Morgan fingerprint density at radius 2 is 1.82 bits per heavy atom. The number of aliphatic imine (C=N–C) groups is 4. The molecule has 3 aliphatic heterocycles. The summed E-state index contributed by atoms with van der Waals surface area (Å²) in [5, 5.41) is 0. The lowest BCUT2D eigenvalue weighted by molar-refractivity contribution is 0.711. The minimum absolute atomic E-state index is 0.612. The van der Waals surface area contributed by atoms with Crippen LogP contribution >= 0.6 is 0 Å². The van der Waals surface area contributed by atoms with Crippen molar-refractivity contribution >= 4 is 29.5 Å². The second kappa shape index (κ2) is 5.04. The van der Waals surface area contributed by atoms with Crippen molar-refractivity contribution < 1.29 is 0 Å². The van der Waals surface area contributed by atoms with Gasteiger partial charge in [0.05, 0.1) is 0 Å². The number of rotatable bonds is 2. The van der Waals surface area contributed by atoms with E-state index in [1.54, 1.807) is 0 Å². The molecule has 0 amide bonds. The van der Waals surface area contributed by atoms with Gasteiger partial charge in [-0.25, -0.2) is 14.9 Å². The minimum atomic E-state index is 0.612. The van der Waals surface area contributed by atoms with E-state index in [9.17, 15) is 0 Å². The zero-order valence-electron chi connectivity index (χ0n) is 12.0. The molecule has 0 spiro atoms. The molecule has 3 heterocycles. The second-order valence-electron chi connectivity index (χ2n) is 4.97.